The average Bonchev–Trinajstić information content (AvgIpc) is 2.66. The van der Waals surface area contributed by atoms with Gasteiger partial charge < -0.3 is 5.32 Å². The molecule has 1 fully saturated rings. The van der Waals surface area contributed by atoms with Crippen LogP contribution in [0.1, 0.15) is 24.0 Å². The van der Waals surface area contributed by atoms with Gasteiger partial charge in [-0.1, -0.05) is 29.8 Å². The molecule has 0 saturated carbocycles. The summed E-state index contributed by atoms with van der Waals surface area (Å²) in [6.45, 7) is 2.02. The van der Waals surface area contributed by atoms with Gasteiger partial charge in [-0.15, -0.1) is 0 Å². The summed E-state index contributed by atoms with van der Waals surface area (Å²) in [5.41, 5.74) is 2.31. The Morgan fingerprint density at radius 2 is 2.21 bits per heavy atom. The summed E-state index contributed by atoms with van der Waals surface area (Å²) in [5.74, 6) is 0.211. The van der Waals surface area contributed by atoms with Crippen LogP contribution in [0.25, 0.3) is 0 Å². The van der Waals surface area contributed by atoms with E-state index < -0.39 is 9.84 Å². The number of amides is 1. The molecule has 1 aromatic carbocycles. The van der Waals surface area contributed by atoms with Crippen LogP contribution in [0.4, 0.5) is 0 Å². The zero-order chi connectivity index (χ0) is 13.9. The summed E-state index contributed by atoms with van der Waals surface area (Å²) < 4.78 is 22.6. The number of carbonyl (C=O) groups excluding carboxylic acids is 1. The maximum atomic E-state index is 11.8. The van der Waals surface area contributed by atoms with E-state index in [1.165, 1.54) is 5.56 Å². The molecule has 1 aliphatic heterocycles. The van der Waals surface area contributed by atoms with E-state index in [2.05, 4.69) is 11.4 Å². The minimum atomic E-state index is -2.93. The molecule has 1 aliphatic rings. The molecule has 1 saturated heterocycles. The highest BCUT2D eigenvalue weighted by Crippen LogP contribution is 2.12. The Balaban J connectivity index is 1.79. The van der Waals surface area contributed by atoms with Crippen molar-refractivity contribution in [2.45, 2.75) is 32.2 Å². The number of sulfone groups is 1. The van der Waals surface area contributed by atoms with E-state index in [0.29, 0.717) is 19.3 Å². The summed E-state index contributed by atoms with van der Waals surface area (Å²) >= 11 is 0. The highest BCUT2D eigenvalue weighted by Gasteiger charge is 2.28. The van der Waals surface area contributed by atoms with Crippen molar-refractivity contribution in [2.75, 3.05) is 11.5 Å². The molecule has 0 bridgehead atoms. The average molecular weight is 281 g/mol. The lowest BCUT2D eigenvalue weighted by atomic mass is 10.1. The van der Waals surface area contributed by atoms with Gasteiger partial charge in [-0.2, -0.15) is 0 Å². The van der Waals surface area contributed by atoms with Gasteiger partial charge in [0.15, 0.2) is 9.84 Å². The molecule has 0 aromatic heterocycles. The fourth-order valence-electron chi connectivity index (χ4n) is 2.33. The van der Waals surface area contributed by atoms with E-state index in [0.717, 1.165) is 5.56 Å². The lowest BCUT2D eigenvalue weighted by Gasteiger charge is -2.10. The van der Waals surface area contributed by atoms with Crippen molar-refractivity contribution in [3.63, 3.8) is 0 Å². The minimum absolute atomic E-state index is 0.0661. The molecule has 0 spiro atoms. The highest BCUT2D eigenvalue weighted by atomic mass is 32.2. The first-order valence-electron chi connectivity index (χ1n) is 6.50. The first-order chi connectivity index (χ1) is 8.94. The van der Waals surface area contributed by atoms with Crippen molar-refractivity contribution in [3.8, 4) is 0 Å². The third-order valence-corrected chi connectivity index (χ3v) is 5.09. The largest absolute Gasteiger partial charge is 0.352 e. The second-order valence-corrected chi connectivity index (χ2v) is 7.39. The molecule has 19 heavy (non-hydrogen) atoms. The Morgan fingerprint density at radius 1 is 1.42 bits per heavy atom. The van der Waals surface area contributed by atoms with Crippen molar-refractivity contribution in [1.82, 2.24) is 5.32 Å². The smallest absolute Gasteiger partial charge is 0.220 e. The van der Waals surface area contributed by atoms with Crippen LogP contribution in [0.3, 0.4) is 0 Å². The fourth-order valence-corrected chi connectivity index (χ4v) is 4.01. The van der Waals surface area contributed by atoms with Crippen molar-refractivity contribution >= 4 is 15.7 Å². The maximum absolute atomic E-state index is 11.8. The summed E-state index contributed by atoms with van der Waals surface area (Å²) in [5, 5.41) is 2.80. The first-order valence-corrected chi connectivity index (χ1v) is 8.32. The van der Waals surface area contributed by atoms with E-state index in [4.69, 9.17) is 0 Å². The van der Waals surface area contributed by atoms with Gasteiger partial charge in [0.2, 0.25) is 5.91 Å². The number of hydrogen-bond donors (Lipinski definition) is 1. The molecule has 5 heteroatoms. The lowest BCUT2D eigenvalue weighted by molar-refractivity contribution is -0.121. The Bertz CT molecular complexity index is 566. The highest BCUT2D eigenvalue weighted by molar-refractivity contribution is 7.91. The third kappa shape index (κ3) is 4.35. The van der Waals surface area contributed by atoms with Crippen LogP contribution >= 0.6 is 0 Å². The Kier molecular flexibility index (Phi) is 4.24. The van der Waals surface area contributed by atoms with Crippen LogP contribution in [-0.4, -0.2) is 31.9 Å². The Hall–Kier alpha value is -1.36. The van der Waals surface area contributed by atoms with E-state index in [9.17, 15) is 13.2 Å². The molecule has 4 nitrogen and oxygen atoms in total. The molecule has 1 N–H and O–H groups in total. The van der Waals surface area contributed by atoms with Crippen molar-refractivity contribution in [3.05, 3.63) is 35.4 Å². The van der Waals surface area contributed by atoms with Gasteiger partial charge in [-0.25, -0.2) is 8.42 Å². The summed E-state index contributed by atoms with van der Waals surface area (Å²) in [4.78, 5) is 11.8. The van der Waals surface area contributed by atoms with Crippen LogP contribution in [0.5, 0.6) is 0 Å². The molecule has 1 aromatic rings. The van der Waals surface area contributed by atoms with Gasteiger partial charge in [-0.05, 0) is 25.3 Å². The third-order valence-electron chi connectivity index (χ3n) is 3.32. The van der Waals surface area contributed by atoms with E-state index in [1.807, 2.05) is 25.1 Å². The molecule has 104 valence electrons. The normalized spacial score (nSPS) is 21.2. The van der Waals surface area contributed by atoms with Gasteiger partial charge in [-0.3, -0.25) is 4.79 Å². The van der Waals surface area contributed by atoms with Crippen LogP contribution in [0.15, 0.2) is 24.3 Å². The molecule has 2 rings (SSSR count). The molecule has 0 aliphatic carbocycles. The van der Waals surface area contributed by atoms with Crippen molar-refractivity contribution < 1.29 is 13.2 Å². The second-order valence-electron chi connectivity index (χ2n) is 5.16. The zero-order valence-electron chi connectivity index (χ0n) is 11.1. The van der Waals surface area contributed by atoms with Gasteiger partial charge in [0.05, 0.1) is 11.5 Å². The molecule has 1 unspecified atom stereocenters. The Labute approximate surface area is 114 Å². The van der Waals surface area contributed by atoms with Crippen LogP contribution < -0.4 is 5.32 Å². The lowest BCUT2D eigenvalue weighted by Crippen LogP contribution is -2.35. The van der Waals surface area contributed by atoms with E-state index >= 15 is 0 Å². The van der Waals surface area contributed by atoms with Crippen LogP contribution in [0, 0.1) is 6.92 Å². The number of benzene rings is 1. The van der Waals surface area contributed by atoms with Crippen molar-refractivity contribution in [1.29, 1.82) is 0 Å². The standard InChI is InChI=1S/C14H19NO3S/c1-11-3-2-4-12(9-11)5-6-14(16)15-13-7-8-19(17,18)10-13/h2-4,9,13H,5-8,10H2,1H3,(H,15,16). The van der Waals surface area contributed by atoms with E-state index in [1.54, 1.807) is 0 Å². The predicted molar refractivity (Wildman–Crippen MR) is 74.7 cm³/mol. The van der Waals surface area contributed by atoms with Crippen LogP contribution in [0.2, 0.25) is 0 Å². The molecule has 1 atom stereocenters. The molecule has 0 radical (unpaired) electrons. The monoisotopic (exact) mass is 281 g/mol. The van der Waals surface area contributed by atoms with Crippen LogP contribution in [-0.2, 0) is 21.1 Å². The quantitative estimate of drug-likeness (QED) is 0.903. The number of rotatable bonds is 4. The van der Waals surface area contributed by atoms with Gasteiger partial charge in [0, 0.05) is 12.5 Å². The molecule has 1 heterocycles. The van der Waals surface area contributed by atoms with Crippen molar-refractivity contribution in [2.24, 2.45) is 0 Å². The molecular formula is C14H19NO3S. The second kappa shape index (κ2) is 5.74. The summed E-state index contributed by atoms with van der Waals surface area (Å²) in [7, 11) is -2.93. The van der Waals surface area contributed by atoms with Gasteiger partial charge in [0.25, 0.3) is 0 Å². The summed E-state index contributed by atoms with van der Waals surface area (Å²) in [6.07, 6.45) is 1.63. The first kappa shape index (κ1) is 14.1. The number of carbonyl (C=O) groups is 1. The van der Waals surface area contributed by atoms with E-state index in [-0.39, 0.29) is 23.5 Å². The SMILES string of the molecule is Cc1cccc(CCC(=O)NC2CCS(=O)(=O)C2)c1. The molecular weight excluding hydrogens is 262 g/mol. The predicted octanol–water partition coefficient (Wildman–Crippen LogP) is 1.23. The topological polar surface area (TPSA) is 63.2 Å². The summed E-state index contributed by atoms with van der Waals surface area (Å²) in [6, 6.07) is 7.86. The number of nitrogens with one attached hydrogen (secondary N) is 1. The van der Waals surface area contributed by atoms with Gasteiger partial charge >= 0.3 is 0 Å². The zero-order valence-corrected chi connectivity index (χ0v) is 11.9. The molecule has 1 amide bonds. The number of hydrogen-bond acceptors (Lipinski definition) is 3. The Morgan fingerprint density at radius 3 is 2.84 bits per heavy atom. The van der Waals surface area contributed by atoms with Gasteiger partial charge in [0.1, 0.15) is 0 Å². The fraction of sp³-hybridized carbons (Fsp3) is 0.500. The number of aryl methyl sites for hydroxylation is 2. The minimum Gasteiger partial charge on any atom is -0.352 e. The maximum Gasteiger partial charge on any atom is 0.220 e.